The lowest BCUT2D eigenvalue weighted by Crippen LogP contribution is -2.51. The second-order valence-electron chi connectivity index (χ2n) is 8.70. The summed E-state index contributed by atoms with van der Waals surface area (Å²) >= 11 is 13.2. The fourth-order valence-corrected chi connectivity index (χ4v) is 6.51. The topological polar surface area (TPSA) is 53.1 Å². The first-order valence-electron chi connectivity index (χ1n) is 10.3. The quantitative estimate of drug-likeness (QED) is 0.473. The Morgan fingerprint density at radius 1 is 1.03 bits per heavy atom. The summed E-state index contributed by atoms with van der Waals surface area (Å²) in [6, 6.07) is 15.9. The third-order valence-corrected chi connectivity index (χ3v) is 8.86. The van der Waals surface area contributed by atoms with E-state index < -0.39 is 18.1 Å². The summed E-state index contributed by atoms with van der Waals surface area (Å²) in [5.74, 6) is -1.27. The molecular formula is C23H22ClN3O3S2. The number of halogens is 1. The summed E-state index contributed by atoms with van der Waals surface area (Å²) in [6.07, 6.45) is -0.890. The predicted molar refractivity (Wildman–Crippen MR) is 129 cm³/mol. The molecule has 0 aliphatic carbocycles. The van der Waals surface area contributed by atoms with Gasteiger partial charge in [-0.2, -0.15) is 5.06 Å². The Labute approximate surface area is 201 Å². The molecule has 0 aromatic heterocycles. The third-order valence-electron chi connectivity index (χ3n) is 6.56. The Kier molecular flexibility index (Phi) is 5.34. The molecule has 0 spiro atoms. The number of fused-ring (bicyclic) bond motifs is 1. The van der Waals surface area contributed by atoms with E-state index in [1.807, 2.05) is 47.3 Å². The van der Waals surface area contributed by atoms with E-state index in [2.05, 4.69) is 13.8 Å². The van der Waals surface area contributed by atoms with Crippen LogP contribution in [-0.4, -0.2) is 50.2 Å². The number of benzene rings is 2. The highest BCUT2D eigenvalue weighted by Gasteiger charge is 2.63. The van der Waals surface area contributed by atoms with Gasteiger partial charge < -0.3 is 4.90 Å². The Morgan fingerprint density at radius 3 is 2.28 bits per heavy atom. The van der Waals surface area contributed by atoms with Crippen LogP contribution in [0.25, 0.3) is 0 Å². The lowest BCUT2D eigenvalue weighted by molar-refractivity contribution is -0.188. The largest absolute Gasteiger partial charge is 0.353 e. The van der Waals surface area contributed by atoms with E-state index in [9.17, 15) is 9.59 Å². The standard InChI is InChI=1S/C23H22ClN3O3S2/c1-23(2)21(32-22(31)25(23)3)27-17(13-9-11-14(24)12-10-13)16-18(30-27)20(29)26(19(16)28)15-7-5-4-6-8-15/h4-12,16-18,21H,1-3H3/t16-,17+,18-,21-/m1/s1. The number of amides is 2. The Bertz CT molecular complexity index is 1100. The summed E-state index contributed by atoms with van der Waals surface area (Å²) in [5, 5.41) is 2.22. The van der Waals surface area contributed by atoms with Crippen LogP contribution in [0.5, 0.6) is 0 Å². The second kappa shape index (κ2) is 7.81. The molecule has 5 rings (SSSR count). The molecule has 9 heteroatoms. The van der Waals surface area contributed by atoms with E-state index >= 15 is 0 Å². The average Bonchev–Trinajstić information content (AvgIpc) is 3.34. The molecule has 166 valence electrons. The zero-order chi connectivity index (χ0) is 22.8. The molecule has 0 bridgehead atoms. The molecule has 2 aromatic carbocycles. The van der Waals surface area contributed by atoms with Gasteiger partial charge in [0.15, 0.2) is 6.10 Å². The summed E-state index contributed by atoms with van der Waals surface area (Å²) in [4.78, 5) is 36.6. The molecule has 4 atom stereocenters. The van der Waals surface area contributed by atoms with E-state index in [4.69, 9.17) is 28.7 Å². The summed E-state index contributed by atoms with van der Waals surface area (Å²) in [7, 11) is 1.96. The maximum Gasteiger partial charge on any atom is 0.265 e. The van der Waals surface area contributed by atoms with Crippen molar-refractivity contribution in [1.29, 1.82) is 0 Å². The van der Waals surface area contributed by atoms with Crippen LogP contribution in [0.15, 0.2) is 54.6 Å². The lowest BCUT2D eigenvalue weighted by Gasteiger charge is -2.39. The molecule has 2 aromatic rings. The third kappa shape index (κ3) is 3.20. The minimum absolute atomic E-state index is 0.197. The molecule has 0 N–H and O–H groups in total. The molecule has 3 fully saturated rings. The number of imide groups is 1. The fraction of sp³-hybridized carbons (Fsp3) is 0.348. The number of para-hydroxylation sites is 1. The molecule has 0 saturated carbocycles. The lowest BCUT2D eigenvalue weighted by atomic mass is 9.90. The number of thioether (sulfide) groups is 1. The van der Waals surface area contributed by atoms with Gasteiger partial charge in [0.25, 0.3) is 5.91 Å². The van der Waals surface area contributed by atoms with Crippen molar-refractivity contribution in [3.63, 3.8) is 0 Å². The van der Waals surface area contributed by atoms with Gasteiger partial charge in [0.05, 0.1) is 23.2 Å². The van der Waals surface area contributed by atoms with E-state index in [1.54, 1.807) is 24.3 Å². The molecule has 0 unspecified atom stereocenters. The van der Waals surface area contributed by atoms with Crippen LogP contribution in [0.1, 0.15) is 25.5 Å². The maximum absolute atomic E-state index is 13.6. The number of hydrogen-bond acceptors (Lipinski definition) is 6. The van der Waals surface area contributed by atoms with Gasteiger partial charge in [-0.15, -0.1) is 0 Å². The number of carbonyl (C=O) groups is 2. The van der Waals surface area contributed by atoms with Crippen molar-refractivity contribution in [3.8, 4) is 0 Å². The molecule has 2 amide bonds. The van der Waals surface area contributed by atoms with Crippen molar-refractivity contribution in [1.82, 2.24) is 9.96 Å². The van der Waals surface area contributed by atoms with E-state index in [1.165, 1.54) is 16.7 Å². The first kappa shape index (κ1) is 21.9. The van der Waals surface area contributed by atoms with Gasteiger partial charge in [-0.25, -0.2) is 4.90 Å². The van der Waals surface area contributed by atoms with Crippen LogP contribution < -0.4 is 4.90 Å². The SMILES string of the molecule is CN1C(=S)S[C@@H](N2O[C@H]3C(=O)N(c4ccccc4)C(=O)[C@@H]3[C@@H]2c2ccc(Cl)cc2)C1(C)C. The highest BCUT2D eigenvalue weighted by molar-refractivity contribution is 8.23. The van der Waals surface area contributed by atoms with E-state index in [0.29, 0.717) is 10.7 Å². The molecule has 6 nitrogen and oxygen atoms in total. The highest BCUT2D eigenvalue weighted by Crippen LogP contribution is 2.52. The van der Waals surface area contributed by atoms with E-state index in [0.717, 1.165) is 9.88 Å². The highest BCUT2D eigenvalue weighted by atomic mass is 35.5. The number of nitrogens with zero attached hydrogens (tertiary/aromatic N) is 3. The van der Waals surface area contributed by atoms with Crippen LogP contribution in [0.4, 0.5) is 5.69 Å². The molecule has 3 aliphatic heterocycles. The number of likely N-dealkylation sites (N-methyl/N-ethyl adjacent to an activating group) is 1. The first-order valence-corrected chi connectivity index (χ1v) is 12.0. The van der Waals surface area contributed by atoms with Crippen molar-refractivity contribution < 1.29 is 14.4 Å². The van der Waals surface area contributed by atoms with Gasteiger partial charge in [-0.1, -0.05) is 65.9 Å². The zero-order valence-corrected chi connectivity index (χ0v) is 20.2. The molecular weight excluding hydrogens is 466 g/mol. The number of rotatable bonds is 3. The summed E-state index contributed by atoms with van der Waals surface area (Å²) in [6.45, 7) is 4.17. The normalized spacial score (nSPS) is 29.8. The monoisotopic (exact) mass is 487 g/mol. The first-order chi connectivity index (χ1) is 15.2. The van der Waals surface area contributed by atoms with Crippen LogP contribution in [0.2, 0.25) is 5.02 Å². The molecule has 32 heavy (non-hydrogen) atoms. The van der Waals surface area contributed by atoms with Crippen LogP contribution in [0.3, 0.4) is 0 Å². The Morgan fingerprint density at radius 2 is 1.69 bits per heavy atom. The average molecular weight is 488 g/mol. The van der Waals surface area contributed by atoms with Gasteiger partial charge in [0.2, 0.25) is 5.91 Å². The van der Waals surface area contributed by atoms with Gasteiger partial charge in [0, 0.05) is 12.1 Å². The number of hydrogen-bond donors (Lipinski definition) is 0. The van der Waals surface area contributed by atoms with Crippen LogP contribution >= 0.6 is 35.6 Å². The smallest absolute Gasteiger partial charge is 0.265 e. The minimum atomic E-state index is -0.890. The van der Waals surface area contributed by atoms with Crippen molar-refractivity contribution in [3.05, 3.63) is 65.2 Å². The number of thiocarbonyl (C=S) groups is 1. The van der Waals surface area contributed by atoms with Crippen molar-refractivity contribution in [2.75, 3.05) is 11.9 Å². The number of anilines is 1. The van der Waals surface area contributed by atoms with Gasteiger partial charge in [0.1, 0.15) is 9.69 Å². The summed E-state index contributed by atoms with van der Waals surface area (Å²) in [5.41, 5.74) is 1.06. The van der Waals surface area contributed by atoms with Gasteiger partial charge in [-0.3, -0.25) is 14.4 Å². The Balaban J connectivity index is 1.58. The van der Waals surface area contributed by atoms with Crippen molar-refractivity contribution in [2.24, 2.45) is 5.92 Å². The number of hydroxylamine groups is 2. The predicted octanol–water partition coefficient (Wildman–Crippen LogP) is 4.25. The molecule has 3 aliphatic rings. The maximum atomic E-state index is 13.6. The van der Waals surface area contributed by atoms with E-state index in [-0.39, 0.29) is 22.7 Å². The van der Waals surface area contributed by atoms with Crippen molar-refractivity contribution in [2.45, 2.75) is 36.9 Å². The zero-order valence-electron chi connectivity index (χ0n) is 17.8. The van der Waals surface area contributed by atoms with Crippen molar-refractivity contribution >= 4 is 57.4 Å². The Hall–Kier alpha value is -1.97. The second-order valence-corrected chi connectivity index (χ2v) is 10.9. The van der Waals surface area contributed by atoms with Crippen LogP contribution in [0, 0.1) is 5.92 Å². The van der Waals surface area contributed by atoms with Crippen LogP contribution in [-0.2, 0) is 14.4 Å². The molecule has 0 radical (unpaired) electrons. The molecule has 3 heterocycles. The van der Waals surface area contributed by atoms with Gasteiger partial charge >= 0.3 is 0 Å². The summed E-state index contributed by atoms with van der Waals surface area (Å²) < 4.78 is 0.749. The number of carbonyl (C=O) groups excluding carboxylic acids is 2. The van der Waals surface area contributed by atoms with Gasteiger partial charge in [-0.05, 0) is 43.7 Å². The molecule has 3 saturated heterocycles. The minimum Gasteiger partial charge on any atom is -0.353 e. The fourth-order valence-electron chi connectivity index (χ4n) is 4.56.